The zero-order chi connectivity index (χ0) is 18.6. The van der Waals surface area contributed by atoms with E-state index in [4.69, 9.17) is 0 Å². The van der Waals surface area contributed by atoms with Gasteiger partial charge in [-0.25, -0.2) is 4.98 Å². The number of nitriles is 1. The van der Waals surface area contributed by atoms with Crippen LogP contribution in [0.5, 0.6) is 0 Å². The molecule has 2 aliphatic rings. The standard InChI is InChI=1S/C21H23N5O/c22-14-18-6-3-8-23-21(18)25-12-10-24(11-13-25)16-20(27)26-9-7-17-4-1-2-5-19(17)15-26/h1-6,8H,7,9-13,15-16H2. The molecule has 0 aliphatic carbocycles. The number of amides is 1. The van der Waals surface area contributed by atoms with Gasteiger partial charge in [-0.05, 0) is 29.7 Å². The molecule has 0 saturated carbocycles. The number of nitrogens with zero attached hydrogens (tertiary/aromatic N) is 5. The van der Waals surface area contributed by atoms with E-state index in [0.717, 1.165) is 45.0 Å². The fourth-order valence-corrected chi connectivity index (χ4v) is 3.85. The second-order valence-corrected chi connectivity index (χ2v) is 7.08. The third-order valence-corrected chi connectivity index (χ3v) is 5.42. The molecule has 0 unspecified atom stereocenters. The Morgan fingerprint density at radius 2 is 1.81 bits per heavy atom. The maximum atomic E-state index is 12.7. The van der Waals surface area contributed by atoms with Crippen LogP contribution in [0, 0.1) is 11.3 Å². The number of piperazine rings is 1. The van der Waals surface area contributed by atoms with Gasteiger partial charge in [0.2, 0.25) is 5.91 Å². The van der Waals surface area contributed by atoms with Gasteiger partial charge in [0.25, 0.3) is 0 Å². The van der Waals surface area contributed by atoms with E-state index >= 15 is 0 Å². The van der Waals surface area contributed by atoms with Crippen LogP contribution >= 0.6 is 0 Å². The van der Waals surface area contributed by atoms with Gasteiger partial charge in [-0.15, -0.1) is 0 Å². The van der Waals surface area contributed by atoms with Gasteiger partial charge < -0.3 is 9.80 Å². The SMILES string of the molecule is N#Cc1cccnc1N1CCN(CC(=O)N2CCc3ccccc3C2)CC1. The Morgan fingerprint density at radius 1 is 1.04 bits per heavy atom. The van der Waals surface area contributed by atoms with Gasteiger partial charge in [-0.1, -0.05) is 24.3 Å². The first-order valence-corrected chi connectivity index (χ1v) is 9.41. The third-order valence-electron chi connectivity index (χ3n) is 5.42. The van der Waals surface area contributed by atoms with Crippen LogP contribution < -0.4 is 4.90 Å². The minimum absolute atomic E-state index is 0.202. The molecule has 4 rings (SSSR count). The molecule has 1 aromatic carbocycles. The molecule has 0 radical (unpaired) electrons. The first-order valence-electron chi connectivity index (χ1n) is 9.41. The van der Waals surface area contributed by atoms with Crippen molar-refractivity contribution in [3.63, 3.8) is 0 Å². The molecular weight excluding hydrogens is 338 g/mol. The van der Waals surface area contributed by atoms with Gasteiger partial charge in [0.05, 0.1) is 12.1 Å². The van der Waals surface area contributed by atoms with Crippen molar-refractivity contribution in [2.45, 2.75) is 13.0 Å². The first kappa shape index (κ1) is 17.5. The molecule has 6 heteroatoms. The first-order chi connectivity index (χ1) is 13.2. The van der Waals surface area contributed by atoms with E-state index in [0.29, 0.717) is 18.7 Å². The molecule has 2 aromatic rings. The monoisotopic (exact) mass is 361 g/mol. The number of hydrogen-bond acceptors (Lipinski definition) is 5. The summed E-state index contributed by atoms with van der Waals surface area (Å²) in [5.41, 5.74) is 3.23. The lowest BCUT2D eigenvalue weighted by Gasteiger charge is -2.37. The second-order valence-electron chi connectivity index (χ2n) is 7.08. The van der Waals surface area contributed by atoms with Gasteiger partial charge in [0, 0.05) is 45.5 Å². The number of pyridine rings is 1. The molecule has 6 nitrogen and oxygen atoms in total. The molecule has 1 saturated heterocycles. The normalized spacial score (nSPS) is 17.3. The topological polar surface area (TPSA) is 63.5 Å². The van der Waals surface area contributed by atoms with Crippen LogP contribution in [-0.4, -0.2) is 60.0 Å². The van der Waals surface area contributed by atoms with Crippen molar-refractivity contribution in [3.05, 3.63) is 59.3 Å². The summed E-state index contributed by atoms with van der Waals surface area (Å²) in [6, 6.07) is 14.2. The predicted octanol–water partition coefficient (Wildman–Crippen LogP) is 1.66. The summed E-state index contributed by atoms with van der Waals surface area (Å²) in [4.78, 5) is 23.4. The zero-order valence-electron chi connectivity index (χ0n) is 15.3. The molecule has 27 heavy (non-hydrogen) atoms. The van der Waals surface area contributed by atoms with Gasteiger partial charge in [0.1, 0.15) is 11.9 Å². The Kier molecular flexibility index (Phi) is 5.03. The van der Waals surface area contributed by atoms with Crippen molar-refractivity contribution >= 4 is 11.7 Å². The molecular formula is C21H23N5O. The maximum absolute atomic E-state index is 12.7. The van der Waals surface area contributed by atoms with E-state index in [1.807, 2.05) is 11.0 Å². The number of rotatable bonds is 3. The highest BCUT2D eigenvalue weighted by Crippen LogP contribution is 2.20. The predicted molar refractivity (Wildman–Crippen MR) is 103 cm³/mol. The lowest BCUT2D eigenvalue weighted by atomic mass is 10.00. The van der Waals surface area contributed by atoms with Gasteiger partial charge in [-0.3, -0.25) is 9.69 Å². The van der Waals surface area contributed by atoms with Crippen molar-refractivity contribution in [2.24, 2.45) is 0 Å². The average Bonchev–Trinajstić information content (AvgIpc) is 2.74. The Balaban J connectivity index is 1.32. The van der Waals surface area contributed by atoms with Crippen LogP contribution in [0.3, 0.4) is 0 Å². The van der Waals surface area contributed by atoms with E-state index in [-0.39, 0.29) is 5.91 Å². The number of aromatic nitrogens is 1. The average molecular weight is 361 g/mol. The second kappa shape index (κ2) is 7.77. The van der Waals surface area contributed by atoms with Crippen molar-refractivity contribution in [1.29, 1.82) is 5.26 Å². The van der Waals surface area contributed by atoms with Crippen LogP contribution in [0.25, 0.3) is 0 Å². The lowest BCUT2D eigenvalue weighted by molar-refractivity contribution is -0.133. The van der Waals surface area contributed by atoms with E-state index in [9.17, 15) is 10.1 Å². The van der Waals surface area contributed by atoms with Crippen molar-refractivity contribution in [3.8, 4) is 6.07 Å². The van der Waals surface area contributed by atoms with Crippen LogP contribution in [0.15, 0.2) is 42.6 Å². The van der Waals surface area contributed by atoms with Crippen LogP contribution in [0.2, 0.25) is 0 Å². The number of carbonyl (C=O) groups is 1. The highest BCUT2D eigenvalue weighted by molar-refractivity contribution is 5.78. The molecule has 2 aliphatic heterocycles. The molecule has 1 amide bonds. The van der Waals surface area contributed by atoms with Crippen LogP contribution in [0.4, 0.5) is 5.82 Å². The van der Waals surface area contributed by atoms with Gasteiger partial charge in [0.15, 0.2) is 0 Å². The molecule has 0 bridgehead atoms. The van der Waals surface area contributed by atoms with Gasteiger partial charge >= 0.3 is 0 Å². The fraction of sp³-hybridized carbons (Fsp3) is 0.381. The summed E-state index contributed by atoms with van der Waals surface area (Å²) in [6.45, 7) is 5.14. The summed E-state index contributed by atoms with van der Waals surface area (Å²) in [5.74, 6) is 0.951. The smallest absolute Gasteiger partial charge is 0.237 e. The van der Waals surface area contributed by atoms with Crippen molar-refractivity contribution in [2.75, 3.05) is 44.2 Å². The fourth-order valence-electron chi connectivity index (χ4n) is 3.85. The Labute approximate surface area is 159 Å². The molecule has 1 aromatic heterocycles. The number of hydrogen-bond donors (Lipinski definition) is 0. The summed E-state index contributed by atoms with van der Waals surface area (Å²) < 4.78 is 0. The summed E-state index contributed by atoms with van der Waals surface area (Å²) in [7, 11) is 0. The highest BCUT2D eigenvalue weighted by atomic mass is 16.2. The van der Waals surface area contributed by atoms with Crippen LogP contribution in [-0.2, 0) is 17.8 Å². The highest BCUT2D eigenvalue weighted by Gasteiger charge is 2.25. The number of anilines is 1. The summed E-state index contributed by atoms with van der Waals surface area (Å²) >= 11 is 0. The molecule has 138 valence electrons. The number of carbonyl (C=O) groups excluding carboxylic acids is 1. The Hall–Kier alpha value is -2.91. The molecule has 0 N–H and O–H groups in total. The summed E-state index contributed by atoms with van der Waals surface area (Å²) in [5, 5.41) is 9.26. The molecule has 0 spiro atoms. The Bertz CT molecular complexity index is 867. The molecule has 3 heterocycles. The lowest BCUT2D eigenvalue weighted by Crippen LogP contribution is -2.51. The molecule has 1 fully saturated rings. The van der Waals surface area contributed by atoms with Crippen molar-refractivity contribution < 1.29 is 4.79 Å². The van der Waals surface area contributed by atoms with E-state index in [2.05, 4.69) is 39.1 Å². The van der Waals surface area contributed by atoms with E-state index in [1.165, 1.54) is 11.1 Å². The number of benzene rings is 1. The van der Waals surface area contributed by atoms with E-state index < -0.39 is 0 Å². The van der Waals surface area contributed by atoms with E-state index in [1.54, 1.807) is 18.3 Å². The number of fused-ring (bicyclic) bond motifs is 1. The Morgan fingerprint density at radius 3 is 2.59 bits per heavy atom. The largest absolute Gasteiger partial charge is 0.353 e. The summed E-state index contributed by atoms with van der Waals surface area (Å²) in [6.07, 6.45) is 2.66. The quantitative estimate of drug-likeness (QED) is 0.832. The minimum atomic E-state index is 0.202. The van der Waals surface area contributed by atoms with Gasteiger partial charge in [-0.2, -0.15) is 5.26 Å². The maximum Gasteiger partial charge on any atom is 0.237 e. The van der Waals surface area contributed by atoms with Crippen molar-refractivity contribution in [1.82, 2.24) is 14.8 Å². The van der Waals surface area contributed by atoms with Crippen LogP contribution in [0.1, 0.15) is 16.7 Å². The minimum Gasteiger partial charge on any atom is -0.353 e. The zero-order valence-corrected chi connectivity index (χ0v) is 15.3. The molecule has 0 atom stereocenters. The third kappa shape index (κ3) is 3.79.